The second-order valence-corrected chi connectivity index (χ2v) is 10.1. The second kappa shape index (κ2) is 11.0. The van der Waals surface area contributed by atoms with E-state index in [9.17, 15) is 14.4 Å². The average Bonchev–Trinajstić information content (AvgIpc) is 2.89. The highest BCUT2D eigenvalue weighted by Crippen LogP contribution is 2.50. The minimum Gasteiger partial charge on any atom is -0.490 e. The van der Waals surface area contributed by atoms with Crippen LogP contribution in [0.25, 0.3) is 0 Å². The highest BCUT2D eigenvalue weighted by Gasteiger charge is 2.42. The molecule has 2 aromatic rings. The Morgan fingerprint density at radius 1 is 1.00 bits per heavy atom. The Hall–Kier alpha value is -3.58. The molecule has 1 aliphatic heterocycles. The Morgan fingerprint density at radius 3 is 2.29 bits per heavy atom. The number of hydrogen-bond acceptors (Lipinski definition) is 6. The molecule has 1 heterocycles. The fourth-order valence-electron chi connectivity index (χ4n) is 5.35. The summed E-state index contributed by atoms with van der Waals surface area (Å²) < 4.78 is 17.8. The molecule has 198 valence electrons. The molecule has 5 rings (SSSR count). The number of carbonyl (C=O) groups is 3. The van der Waals surface area contributed by atoms with E-state index < -0.39 is 5.92 Å². The molecule has 8 heteroatoms. The highest BCUT2D eigenvalue weighted by atomic mass is 35.5. The van der Waals surface area contributed by atoms with E-state index in [0.29, 0.717) is 72.0 Å². The number of ketones is 2. The van der Waals surface area contributed by atoms with Gasteiger partial charge in [0.25, 0.3) is 5.91 Å². The largest absolute Gasteiger partial charge is 0.490 e. The average molecular weight is 536 g/mol. The maximum atomic E-state index is 13.1. The van der Waals surface area contributed by atoms with Crippen LogP contribution in [0.15, 0.2) is 59.1 Å². The van der Waals surface area contributed by atoms with E-state index in [-0.39, 0.29) is 34.9 Å². The third kappa shape index (κ3) is 5.07. The smallest absolute Gasteiger partial charge is 0.262 e. The lowest BCUT2D eigenvalue weighted by Gasteiger charge is -2.36. The summed E-state index contributed by atoms with van der Waals surface area (Å²) in [5, 5.41) is 3.07. The standard InChI is InChI=1S/C30H30ClNO6/c1-3-36-25-15-18(14-19(31)30(25)37-16-26(35)32-20-9-5-4-8-17(20)2)27-28-21(33)10-6-12-23(28)38-24-13-7-11-22(34)29(24)27/h4-5,8-9,14-15,27H,3,6-7,10-13,16H2,1-2H3,(H,32,35). The van der Waals surface area contributed by atoms with E-state index in [4.69, 9.17) is 25.8 Å². The van der Waals surface area contributed by atoms with Crippen molar-refractivity contribution in [3.05, 3.63) is 75.2 Å². The summed E-state index contributed by atoms with van der Waals surface area (Å²) >= 11 is 6.71. The zero-order valence-corrected chi connectivity index (χ0v) is 22.3. The summed E-state index contributed by atoms with van der Waals surface area (Å²) in [6, 6.07) is 10.9. The van der Waals surface area contributed by atoms with Gasteiger partial charge in [0.2, 0.25) is 0 Å². The number of nitrogens with one attached hydrogen (secondary N) is 1. The van der Waals surface area contributed by atoms with Gasteiger partial charge in [-0.1, -0.05) is 29.8 Å². The van der Waals surface area contributed by atoms with Gasteiger partial charge < -0.3 is 19.5 Å². The first-order valence-corrected chi connectivity index (χ1v) is 13.4. The van der Waals surface area contributed by atoms with E-state index >= 15 is 0 Å². The number of anilines is 1. The summed E-state index contributed by atoms with van der Waals surface area (Å²) in [6.07, 6.45) is 3.60. The van der Waals surface area contributed by atoms with E-state index in [1.54, 1.807) is 12.1 Å². The topological polar surface area (TPSA) is 90.9 Å². The Bertz CT molecular complexity index is 1330. The molecule has 0 fully saturated rings. The zero-order chi connectivity index (χ0) is 26.8. The molecule has 0 spiro atoms. The molecular formula is C30H30ClNO6. The summed E-state index contributed by atoms with van der Waals surface area (Å²) in [7, 11) is 0. The second-order valence-electron chi connectivity index (χ2n) is 9.68. The molecule has 3 aliphatic rings. The van der Waals surface area contributed by atoms with Crippen LogP contribution in [0, 0.1) is 6.92 Å². The molecule has 0 saturated heterocycles. The van der Waals surface area contributed by atoms with Crippen molar-refractivity contribution in [2.75, 3.05) is 18.5 Å². The van der Waals surface area contributed by atoms with E-state index in [1.807, 2.05) is 38.1 Å². The van der Waals surface area contributed by atoms with Crippen LogP contribution in [0.5, 0.6) is 11.5 Å². The number of Topliss-reactive ketones (excluding diaryl/α,β-unsaturated/α-hetero) is 2. The number of halogens is 1. The minimum atomic E-state index is -0.565. The van der Waals surface area contributed by atoms with Crippen molar-refractivity contribution in [2.45, 2.75) is 58.3 Å². The van der Waals surface area contributed by atoms with Gasteiger partial charge >= 0.3 is 0 Å². The van der Waals surface area contributed by atoms with Crippen LogP contribution in [-0.2, 0) is 19.1 Å². The Labute approximate surface area is 226 Å². The van der Waals surface area contributed by atoms with E-state index in [1.165, 1.54) is 0 Å². The quantitative estimate of drug-likeness (QED) is 0.454. The zero-order valence-electron chi connectivity index (χ0n) is 21.5. The highest BCUT2D eigenvalue weighted by molar-refractivity contribution is 6.32. The fourth-order valence-corrected chi connectivity index (χ4v) is 5.62. The maximum Gasteiger partial charge on any atom is 0.262 e. The normalized spacial score (nSPS) is 17.6. The molecule has 7 nitrogen and oxygen atoms in total. The van der Waals surface area contributed by atoms with Gasteiger partial charge in [-0.25, -0.2) is 0 Å². The Kier molecular flexibility index (Phi) is 7.56. The van der Waals surface area contributed by atoms with Crippen molar-refractivity contribution >= 4 is 34.8 Å². The molecule has 0 atom stereocenters. The SMILES string of the molecule is CCOc1cc(C2C3=C(CCCC3=O)OC3=C2C(=O)CCC3)cc(Cl)c1OCC(=O)Nc1ccccc1C. The predicted octanol–water partition coefficient (Wildman–Crippen LogP) is 6.19. The van der Waals surface area contributed by atoms with Crippen LogP contribution in [0.3, 0.4) is 0 Å². The van der Waals surface area contributed by atoms with E-state index in [2.05, 4.69) is 5.32 Å². The lowest BCUT2D eigenvalue weighted by atomic mass is 9.73. The van der Waals surface area contributed by atoms with Crippen LogP contribution in [0.1, 0.15) is 62.5 Å². The third-order valence-corrected chi connectivity index (χ3v) is 7.35. The molecular weight excluding hydrogens is 506 g/mol. The van der Waals surface area contributed by atoms with Crippen LogP contribution < -0.4 is 14.8 Å². The van der Waals surface area contributed by atoms with Gasteiger partial charge in [0, 0.05) is 48.4 Å². The summed E-state index contributed by atoms with van der Waals surface area (Å²) in [5.41, 5.74) is 3.38. The molecule has 1 amide bonds. The first-order valence-electron chi connectivity index (χ1n) is 13.0. The number of ether oxygens (including phenoxy) is 3. The van der Waals surface area contributed by atoms with Gasteiger partial charge in [-0.15, -0.1) is 0 Å². The van der Waals surface area contributed by atoms with Crippen LogP contribution >= 0.6 is 11.6 Å². The number of amides is 1. The Balaban J connectivity index is 1.48. The number of carbonyl (C=O) groups excluding carboxylic acids is 3. The third-order valence-electron chi connectivity index (χ3n) is 7.07. The number of rotatable bonds is 7. The molecule has 38 heavy (non-hydrogen) atoms. The summed E-state index contributed by atoms with van der Waals surface area (Å²) in [5.74, 6) is 0.968. The van der Waals surface area contributed by atoms with Gasteiger partial charge in [-0.3, -0.25) is 14.4 Å². The number of para-hydroxylation sites is 1. The lowest BCUT2D eigenvalue weighted by Crippen LogP contribution is -2.30. The molecule has 0 radical (unpaired) electrons. The van der Waals surface area contributed by atoms with Gasteiger partial charge in [0.1, 0.15) is 11.5 Å². The van der Waals surface area contributed by atoms with Gasteiger partial charge in [0.15, 0.2) is 29.7 Å². The van der Waals surface area contributed by atoms with Crippen molar-refractivity contribution in [1.29, 1.82) is 0 Å². The first kappa shape index (κ1) is 26.0. The maximum absolute atomic E-state index is 13.1. The minimum absolute atomic E-state index is 0.0107. The number of aryl methyl sites for hydroxylation is 1. The number of hydrogen-bond donors (Lipinski definition) is 1. The van der Waals surface area contributed by atoms with Crippen molar-refractivity contribution in [1.82, 2.24) is 0 Å². The molecule has 0 bridgehead atoms. The van der Waals surface area contributed by atoms with Crippen LogP contribution in [0.4, 0.5) is 5.69 Å². The Morgan fingerprint density at radius 2 is 1.66 bits per heavy atom. The van der Waals surface area contributed by atoms with E-state index in [0.717, 1.165) is 18.4 Å². The van der Waals surface area contributed by atoms with Crippen molar-refractivity contribution in [2.24, 2.45) is 0 Å². The molecule has 1 N–H and O–H groups in total. The molecule has 2 aliphatic carbocycles. The molecule has 0 unspecified atom stereocenters. The number of allylic oxidation sites excluding steroid dienone is 4. The van der Waals surface area contributed by atoms with Gasteiger partial charge in [-0.2, -0.15) is 0 Å². The molecule has 0 aromatic heterocycles. The monoisotopic (exact) mass is 535 g/mol. The van der Waals surface area contributed by atoms with Crippen molar-refractivity contribution in [3.63, 3.8) is 0 Å². The first-order chi connectivity index (χ1) is 18.4. The van der Waals surface area contributed by atoms with Crippen molar-refractivity contribution in [3.8, 4) is 11.5 Å². The molecule has 2 aromatic carbocycles. The summed E-state index contributed by atoms with van der Waals surface area (Å²) in [6.45, 7) is 3.80. The van der Waals surface area contributed by atoms with Crippen molar-refractivity contribution < 1.29 is 28.6 Å². The summed E-state index contributed by atoms with van der Waals surface area (Å²) in [4.78, 5) is 38.8. The lowest BCUT2D eigenvalue weighted by molar-refractivity contribution is -0.119. The number of benzene rings is 2. The van der Waals surface area contributed by atoms with Gasteiger partial charge in [0.05, 0.1) is 11.6 Å². The van der Waals surface area contributed by atoms with Gasteiger partial charge in [-0.05, 0) is 56.0 Å². The predicted molar refractivity (Wildman–Crippen MR) is 144 cm³/mol. The fraction of sp³-hybridized carbons (Fsp3) is 0.367. The van der Waals surface area contributed by atoms with Crippen LogP contribution in [-0.4, -0.2) is 30.7 Å². The molecule has 0 saturated carbocycles. The van der Waals surface area contributed by atoms with Crippen LogP contribution in [0.2, 0.25) is 5.02 Å².